The Morgan fingerprint density at radius 3 is 2.80 bits per heavy atom. The molecular weight excluding hydrogens is 154 g/mol. The molecule has 1 aromatic heterocycles. The second-order valence-corrected chi connectivity index (χ2v) is 2.16. The van der Waals surface area contributed by atoms with Crippen LogP contribution in [0.1, 0.15) is 5.56 Å². The first-order valence-electron chi connectivity index (χ1n) is 2.68. The van der Waals surface area contributed by atoms with E-state index in [4.69, 9.17) is 21.8 Å². The van der Waals surface area contributed by atoms with E-state index < -0.39 is 0 Å². The summed E-state index contributed by atoms with van der Waals surface area (Å²) in [6.45, 7) is -0.208. The smallest absolute Gasteiger partial charge is 0.134 e. The number of hydrogen-bond acceptors (Lipinski definition) is 3. The van der Waals surface area contributed by atoms with Crippen LogP contribution in [0.25, 0.3) is 0 Å². The van der Waals surface area contributed by atoms with Crippen LogP contribution in [0, 0.1) is 0 Å². The molecule has 3 nitrogen and oxygen atoms in total. The summed E-state index contributed by atoms with van der Waals surface area (Å²) >= 11 is 5.51. The van der Waals surface area contributed by atoms with Crippen LogP contribution in [-0.2, 0) is 6.61 Å². The van der Waals surface area contributed by atoms with Gasteiger partial charge in [0, 0.05) is 5.56 Å². The van der Waals surface area contributed by atoms with Gasteiger partial charge in [-0.05, 0) is 6.07 Å². The summed E-state index contributed by atoms with van der Waals surface area (Å²) in [6, 6.07) is 1.37. The van der Waals surface area contributed by atoms with E-state index in [1.165, 1.54) is 12.3 Å². The van der Waals surface area contributed by atoms with Crippen LogP contribution in [0.4, 0.5) is 0 Å². The molecule has 0 aliphatic carbocycles. The second-order valence-electron chi connectivity index (χ2n) is 1.80. The Labute approximate surface area is 62.9 Å². The van der Waals surface area contributed by atoms with Crippen molar-refractivity contribution in [1.82, 2.24) is 4.98 Å². The van der Waals surface area contributed by atoms with Crippen LogP contribution < -0.4 is 0 Å². The van der Waals surface area contributed by atoms with Gasteiger partial charge in [0.05, 0.1) is 12.8 Å². The number of aliphatic hydroxyl groups is 1. The van der Waals surface area contributed by atoms with Gasteiger partial charge in [0.25, 0.3) is 0 Å². The molecule has 1 heterocycles. The van der Waals surface area contributed by atoms with E-state index in [9.17, 15) is 0 Å². The molecule has 0 saturated heterocycles. The fourth-order valence-electron chi connectivity index (χ4n) is 0.592. The Balaban J connectivity index is 3.09. The molecular formula is C6H6ClNO2. The van der Waals surface area contributed by atoms with E-state index >= 15 is 0 Å². The Bertz CT molecular complexity index is 239. The van der Waals surface area contributed by atoms with Gasteiger partial charge < -0.3 is 10.2 Å². The molecule has 0 spiro atoms. The van der Waals surface area contributed by atoms with Gasteiger partial charge in [-0.2, -0.15) is 0 Å². The summed E-state index contributed by atoms with van der Waals surface area (Å²) in [5.41, 5.74) is 0.432. The first-order valence-corrected chi connectivity index (χ1v) is 3.06. The van der Waals surface area contributed by atoms with Crippen molar-refractivity contribution in [3.63, 3.8) is 0 Å². The van der Waals surface area contributed by atoms with E-state index in [0.717, 1.165) is 0 Å². The van der Waals surface area contributed by atoms with Gasteiger partial charge in [-0.25, -0.2) is 4.98 Å². The minimum Gasteiger partial charge on any atom is -0.506 e. The third kappa shape index (κ3) is 1.37. The maximum absolute atomic E-state index is 8.84. The third-order valence-electron chi connectivity index (χ3n) is 1.07. The molecule has 4 heteroatoms. The maximum Gasteiger partial charge on any atom is 0.134 e. The Kier molecular flexibility index (Phi) is 2.09. The van der Waals surface area contributed by atoms with Crippen LogP contribution in [-0.4, -0.2) is 15.2 Å². The Morgan fingerprint density at radius 1 is 1.60 bits per heavy atom. The van der Waals surface area contributed by atoms with Gasteiger partial charge >= 0.3 is 0 Å². The summed E-state index contributed by atoms with van der Waals surface area (Å²) in [5.74, 6) is 0.00782. The first kappa shape index (κ1) is 7.31. The number of aliphatic hydroxyl groups excluding tert-OH is 1. The molecule has 0 fully saturated rings. The molecule has 0 atom stereocenters. The number of aromatic nitrogens is 1. The SMILES string of the molecule is OCc1cc(O)cnc1Cl. The van der Waals surface area contributed by atoms with E-state index in [1.54, 1.807) is 0 Å². The first-order chi connectivity index (χ1) is 4.74. The average molecular weight is 160 g/mol. The maximum atomic E-state index is 8.84. The fourth-order valence-corrected chi connectivity index (χ4v) is 0.755. The Hall–Kier alpha value is -0.800. The van der Waals surface area contributed by atoms with Crippen molar-refractivity contribution < 1.29 is 10.2 Å². The molecule has 10 heavy (non-hydrogen) atoms. The number of aromatic hydroxyl groups is 1. The predicted octanol–water partition coefficient (Wildman–Crippen LogP) is 0.933. The third-order valence-corrected chi connectivity index (χ3v) is 1.41. The average Bonchev–Trinajstić information content (AvgIpc) is 1.94. The Morgan fingerprint density at radius 2 is 2.30 bits per heavy atom. The number of rotatable bonds is 1. The minimum atomic E-state index is -0.208. The summed E-state index contributed by atoms with van der Waals surface area (Å²) in [4.78, 5) is 3.60. The second kappa shape index (κ2) is 2.86. The standard InChI is InChI=1S/C6H6ClNO2/c7-6-4(3-9)1-5(10)2-8-6/h1-2,9-10H,3H2. The molecule has 0 saturated carbocycles. The van der Waals surface area contributed by atoms with Crippen LogP contribution in [0.2, 0.25) is 5.15 Å². The fraction of sp³-hybridized carbons (Fsp3) is 0.167. The molecule has 0 radical (unpaired) electrons. The quantitative estimate of drug-likeness (QED) is 0.600. The lowest BCUT2D eigenvalue weighted by Gasteiger charge is -1.97. The zero-order valence-corrected chi connectivity index (χ0v) is 5.84. The van der Waals surface area contributed by atoms with Gasteiger partial charge in [0.15, 0.2) is 0 Å². The van der Waals surface area contributed by atoms with Crippen LogP contribution in [0.3, 0.4) is 0 Å². The van der Waals surface area contributed by atoms with Gasteiger partial charge in [-0.15, -0.1) is 0 Å². The molecule has 1 rings (SSSR count). The molecule has 54 valence electrons. The molecule has 0 bridgehead atoms. The van der Waals surface area contributed by atoms with Crippen LogP contribution >= 0.6 is 11.6 Å². The molecule has 1 aromatic rings. The zero-order chi connectivity index (χ0) is 7.56. The summed E-state index contributed by atoms with van der Waals surface area (Å²) in [7, 11) is 0. The lowest BCUT2D eigenvalue weighted by Crippen LogP contribution is -1.86. The number of halogens is 1. The number of pyridine rings is 1. The molecule has 0 unspecified atom stereocenters. The van der Waals surface area contributed by atoms with E-state index in [-0.39, 0.29) is 17.5 Å². The highest BCUT2D eigenvalue weighted by molar-refractivity contribution is 6.30. The van der Waals surface area contributed by atoms with Gasteiger partial charge in [0.1, 0.15) is 10.9 Å². The van der Waals surface area contributed by atoms with E-state index in [1.807, 2.05) is 0 Å². The summed E-state index contributed by atoms with van der Waals surface area (Å²) < 4.78 is 0. The largest absolute Gasteiger partial charge is 0.506 e. The molecule has 0 aliphatic rings. The van der Waals surface area contributed by atoms with Crippen molar-refractivity contribution in [2.45, 2.75) is 6.61 Å². The zero-order valence-electron chi connectivity index (χ0n) is 5.08. The van der Waals surface area contributed by atoms with Crippen molar-refractivity contribution in [2.75, 3.05) is 0 Å². The van der Waals surface area contributed by atoms with Crippen molar-refractivity contribution >= 4 is 11.6 Å². The van der Waals surface area contributed by atoms with Crippen molar-refractivity contribution in [3.8, 4) is 5.75 Å². The molecule has 0 amide bonds. The minimum absolute atomic E-state index is 0.00782. The number of hydrogen-bond donors (Lipinski definition) is 2. The molecule has 2 N–H and O–H groups in total. The predicted molar refractivity (Wildman–Crippen MR) is 36.8 cm³/mol. The van der Waals surface area contributed by atoms with E-state index in [2.05, 4.69) is 4.98 Å². The van der Waals surface area contributed by atoms with Crippen LogP contribution in [0.5, 0.6) is 5.75 Å². The molecule has 0 aliphatic heterocycles. The van der Waals surface area contributed by atoms with Crippen molar-refractivity contribution in [3.05, 3.63) is 23.0 Å². The van der Waals surface area contributed by atoms with Crippen molar-refractivity contribution in [2.24, 2.45) is 0 Å². The summed E-state index contributed by atoms with van der Waals surface area (Å²) in [6.07, 6.45) is 1.22. The summed E-state index contributed by atoms with van der Waals surface area (Å²) in [5, 5.41) is 17.7. The van der Waals surface area contributed by atoms with E-state index in [0.29, 0.717) is 5.56 Å². The molecule has 0 aromatic carbocycles. The highest BCUT2D eigenvalue weighted by Crippen LogP contribution is 2.17. The van der Waals surface area contributed by atoms with Gasteiger partial charge in [-0.1, -0.05) is 11.6 Å². The van der Waals surface area contributed by atoms with Gasteiger partial charge in [-0.3, -0.25) is 0 Å². The lowest BCUT2D eigenvalue weighted by molar-refractivity contribution is 0.280. The van der Waals surface area contributed by atoms with Crippen molar-refractivity contribution in [1.29, 1.82) is 0 Å². The van der Waals surface area contributed by atoms with Crippen LogP contribution in [0.15, 0.2) is 12.3 Å². The number of nitrogens with zero attached hydrogens (tertiary/aromatic N) is 1. The van der Waals surface area contributed by atoms with Gasteiger partial charge in [0.2, 0.25) is 0 Å². The lowest BCUT2D eigenvalue weighted by atomic mass is 10.3. The topological polar surface area (TPSA) is 53.4 Å². The normalized spacial score (nSPS) is 9.80. The highest BCUT2D eigenvalue weighted by atomic mass is 35.5. The monoisotopic (exact) mass is 159 g/mol. The highest BCUT2D eigenvalue weighted by Gasteiger charge is 1.99.